The highest BCUT2D eigenvalue weighted by molar-refractivity contribution is 7.18. The predicted octanol–water partition coefficient (Wildman–Crippen LogP) is 3.80. The lowest BCUT2D eigenvalue weighted by atomic mass is 9.89. The summed E-state index contributed by atoms with van der Waals surface area (Å²) < 4.78 is 20.6. The van der Waals surface area contributed by atoms with Crippen molar-refractivity contribution in [3.63, 3.8) is 0 Å². The fourth-order valence-electron chi connectivity index (χ4n) is 3.34. The molecule has 0 saturated carbocycles. The van der Waals surface area contributed by atoms with Gasteiger partial charge in [0.1, 0.15) is 11.4 Å². The van der Waals surface area contributed by atoms with E-state index in [2.05, 4.69) is 11.9 Å². The lowest BCUT2D eigenvalue weighted by Crippen LogP contribution is -2.24. The van der Waals surface area contributed by atoms with Gasteiger partial charge in [0.05, 0.1) is 18.3 Å². The summed E-state index contributed by atoms with van der Waals surface area (Å²) in [5, 5.41) is 0.764. The Morgan fingerprint density at radius 3 is 3.08 bits per heavy atom. The normalized spacial score (nSPS) is 16.8. The summed E-state index contributed by atoms with van der Waals surface area (Å²) in [6, 6.07) is 6.27. The lowest BCUT2D eigenvalue weighted by Gasteiger charge is -2.17. The predicted molar refractivity (Wildman–Crippen MR) is 97.0 cm³/mol. The second-order valence-corrected chi connectivity index (χ2v) is 7.64. The molecule has 130 valence electrons. The topological polar surface area (TPSA) is 44.1 Å². The second kappa shape index (κ2) is 6.59. The first-order valence-electron chi connectivity index (χ1n) is 8.50. The molecule has 0 amide bonds. The van der Waals surface area contributed by atoms with Crippen LogP contribution >= 0.6 is 11.3 Å². The maximum Gasteiger partial charge on any atom is 0.262 e. The Balaban J connectivity index is 1.57. The van der Waals surface area contributed by atoms with Gasteiger partial charge in [0.25, 0.3) is 5.56 Å². The fourth-order valence-corrected chi connectivity index (χ4v) is 4.68. The van der Waals surface area contributed by atoms with Crippen LogP contribution in [0.4, 0.5) is 4.39 Å². The van der Waals surface area contributed by atoms with E-state index in [0.717, 1.165) is 29.5 Å². The Morgan fingerprint density at radius 1 is 1.40 bits per heavy atom. The molecular formula is C19H19FN2O2S. The van der Waals surface area contributed by atoms with Crippen molar-refractivity contribution in [3.05, 3.63) is 57.2 Å². The molecule has 4 rings (SSSR count). The largest absolute Gasteiger partial charge is 0.489 e. The number of benzene rings is 1. The summed E-state index contributed by atoms with van der Waals surface area (Å²) in [7, 11) is 0. The zero-order chi connectivity index (χ0) is 17.4. The van der Waals surface area contributed by atoms with Gasteiger partial charge in [-0.25, -0.2) is 9.37 Å². The molecule has 2 aromatic heterocycles. The number of halogens is 1. The van der Waals surface area contributed by atoms with Crippen molar-refractivity contribution >= 4 is 21.6 Å². The molecule has 0 spiro atoms. The van der Waals surface area contributed by atoms with Gasteiger partial charge in [0.15, 0.2) is 11.6 Å². The number of aryl methyl sites for hydroxylation is 1. The van der Waals surface area contributed by atoms with E-state index in [1.807, 2.05) is 0 Å². The molecule has 25 heavy (non-hydrogen) atoms. The molecule has 4 nitrogen and oxygen atoms in total. The van der Waals surface area contributed by atoms with E-state index in [4.69, 9.17) is 4.74 Å². The van der Waals surface area contributed by atoms with Crippen molar-refractivity contribution in [2.45, 2.75) is 32.7 Å². The average Bonchev–Trinajstić information content (AvgIpc) is 2.96. The van der Waals surface area contributed by atoms with Crippen molar-refractivity contribution in [2.24, 2.45) is 5.92 Å². The average molecular weight is 358 g/mol. The molecule has 0 aliphatic heterocycles. The minimum absolute atomic E-state index is 0.0193. The van der Waals surface area contributed by atoms with Gasteiger partial charge in [-0.15, -0.1) is 11.3 Å². The number of nitrogens with zero attached hydrogens (tertiary/aromatic N) is 2. The highest BCUT2D eigenvalue weighted by Gasteiger charge is 2.23. The lowest BCUT2D eigenvalue weighted by molar-refractivity contribution is 0.282. The third-order valence-corrected chi connectivity index (χ3v) is 5.87. The van der Waals surface area contributed by atoms with E-state index in [-0.39, 0.29) is 17.9 Å². The van der Waals surface area contributed by atoms with E-state index in [9.17, 15) is 9.18 Å². The molecule has 0 radical (unpaired) electrons. The molecule has 1 aliphatic carbocycles. The number of rotatable bonds is 4. The summed E-state index contributed by atoms with van der Waals surface area (Å²) >= 11 is 1.64. The quantitative estimate of drug-likeness (QED) is 0.712. The van der Waals surface area contributed by atoms with Crippen LogP contribution in [-0.4, -0.2) is 16.2 Å². The molecule has 0 bridgehead atoms. The van der Waals surface area contributed by atoms with Crippen LogP contribution in [0.3, 0.4) is 0 Å². The standard InChI is InChI=1S/C19H19FN2O2S/c1-12-6-7-13-16(10-12)25-18-17(13)19(23)22(11-21-18)8-9-24-15-5-3-2-4-14(15)20/h2-5,11-12H,6-10H2,1H3/t12-/m0/s1. The molecule has 6 heteroatoms. The van der Waals surface area contributed by atoms with Crippen LogP contribution < -0.4 is 10.3 Å². The van der Waals surface area contributed by atoms with Gasteiger partial charge >= 0.3 is 0 Å². The van der Waals surface area contributed by atoms with Crippen molar-refractivity contribution < 1.29 is 9.13 Å². The molecule has 1 aliphatic rings. The summed E-state index contributed by atoms with van der Waals surface area (Å²) in [6.07, 6.45) is 4.67. The van der Waals surface area contributed by atoms with Crippen LogP contribution in [0.2, 0.25) is 0 Å². The zero-order valence-corrected chi connectivity index (χ0v) is 14.8. The first kappa shape index (κ1) is 16.3. The van der Waals surface area contributed by atoms with Crippen LogP contribution in [-0.2, 0) is 19.4 Å². The van der Waals surface area contributed by atoms with E-state index in [0.29, 0.717) is 12.5 Å². The highest BCUT2D eigenvalue weighted by atomic mass is 32.1. The Kier molecular flexibility index (Phi) is 4.29. The summed E-state index contributed by atoms with van der Waals surface area (Å²) in [5.41, 5.74) is 1.16. The molecule has 3 aromatic rings. The van der Waals surface area contributed by atoms with Gasteiger partial charge in [0.2, 0.25) is 0 Å². The third kappa shape index (κ3) is 3.06. The zero-order valence-electron chi connectivity index (χ0n) is 14.0. The molecule has 0 saturated heterocycles. The number of hydrogen-bond donors (Lipinski definition) is 0. The Morgan fingerprint density at radius 2 is 2.24 bits per heavy atom. The minimum Gasteiger partial charge on any atom is -0.489 e. The van der Waals surface area contributed by atoms with Gasteiger partial charge in [-0.2, -0.15) is 0 Å². The number of thiophene rings is 1. The smallest absolute Gasteiger partial charge is 0.262 e. The molecule has 0 unspecified atom stereocenters. The molecule has 0 N–H and O–H groups in total. The van der Waals surface area contributed by atoms with Crippen LogP contribution in [0.15, 0.2) is 35.4 Å². The Hall–Kier alpha value is -2.21. The van der Waals surface area contributed by atoms with Gasteiger partial charge in [0, 0.05) is 4.88 Å². The first-order chi connectivity index (χ1) is 12.1. The molecular weight excluding hydrogens is 339 g/mol. The van der Waals surface area contributed by atoms with Crippen molar-refractivity contribution in [2.75, 3.05) is 6.61 Å². The summed E-state index contributed by atoms with van der Waals surface area (Å²) in [6.45, 7) is 2.81. The number of ether oxygens (including phenoxy) is 1. The van der Waals surface area contributed by atoms with Crippen LogP contribution in [0.25, 0.3) is 10.2 Å². The van der Waals surface area contributed by atoms with Gasteiger partial charge in [-0.3, -0.25) is 9.36 Å². The number of hydrogen-bond acceptors (Lipinski definition) is 4. The molecule has 0 fully saturated rings. The minimum atomic E-state index is -0.399. The summed E-state index contributed by atoms with van der Waals surface area (Å²) in [4.78, 5) is 19.5. The molecule has 1 atom stereocenters. The fraction of sp³-hybridized carbons (Fsp3) is 0.368. The van der Waals surface area contributed by atoms with E-state index >= 15 is 0 Å². The van der Waals surface area contributed by atoms with Crippen LogP contribution in [0.1, 0.15) is 23.8 Å². The van der Waals surface area contributed by atoms with Crippen molar-refractivity contribution in [1.29, 1.82) is 0 Å². The maximum atomic E-state index is 13.6. The third-order valence-electron chi connectivity index (χ3n) is 4.71. The van der Waals surface area contributed by atoms with Crippen molar-refractivity contribution in [3.8, 4) is 5.75 Å². The van der Waals surface area contributed by atoms with E-state index in [1.165, 1.54) is 16.5 Å². The van der Waals surface area contributed by atoms with Gasteiger partial charge < -0.3 is 4.74 Å². The Bertz CT molecular complexity index is 979. The summed E-state index contributed by atoms with van der Waals surface area (Å²) in [5.74, 6) is 0.466. The van der Waals surface area contributed by atoms with E-state index in [1.54, 1.807) is 40.4 Å². The first-order valence-corrected chi connectivity index (χ1v) is 9.32. The SMILES string of the molecule is C[C@H]1CCc2c(sc3ncn(CCOc4ccccc4F)c(=O)c23)C1. The monoisotopic (exact) mass is 358 g/mol. The van der Waals surface area contributed by atoms with Gasteiger partial charge in [-0.05, 0) is 42.9 Å². The highest BCUT2D eigenvalue weighted by Crippen LogP contribution is 2.35. The van der Waals surface area contributed by atoms with Crippen LogP contribution in [0, 0.1) is 11.7 Å². The van der Waals surface area contributed by atoms with Crippen molar-refractivity contribution in [1.82, 2.24) is 9.55 Å². The number of para-hydroxylation sites is 1. The number of aromatic nitrogens is 2. The maximum absolute atomic E-state index is 13.6. The second-order valence-electron chi connectivity index (χ2n) is 6.55. The number of fused-ring (bicyclic) bond motifs is 3. The van der Waals surface area contributed by atoms with Gasteiger partial charge in [-0.1, -0.05) is 19.1 Å². The molecule has 1 aromatic carbocycles. The van der Waals surface area contributed by atoms with E-state index < -0.39 is 5.82 Å². The Labute approximate surface area is 148 Å². The van der Waals surface area contributed by atoms with Crippen LogP contribution in [0.5, 0.6) is 5.75 Å². The molecule has 2 heterocycles.